The SMILES string of the molecule is CNC(=O)c1cc(NC(=O)c2ccccc2OCC2CCCO2)ccc1Cl. The van der Waals surface area contributed by atoms with E-state index in [-0.39, 0.29) is 17.9 Å². The number of amides is 2. The van der Waals surface area contributed by atoms with Crippen LogP contribution in [0.3, 0.4) is 0 Å². The van der Waals surface area contributed by atoms with Crippen LogP contribution in [0.5, 0.6) is 5.75 Å². The molecule has 1 aliphatic heterocycles. The van der Waals surface area contributed by atoms with Crippen molar-refractivity contribution in [1.82, 2.24) is 5.32 Å². The Morgan fingerprint density at radius 3 is 2.74 bits per heavy atom. The largest absolute Gasteiger partial charge is 0.490 e. The minimum atomic E-state index is -0.330. The van der Waals surface area contributed by atoms with Crippen molar-refractivity contribution in [2.45, 2.75) is 18.9 Å². The first kappa shape index (κ1) is 19.2. The van der Waals surface area contributed by atoms with Crippen LogP contribution in [0.1, 0.15) is 33.6 Å². The van der Waals surface area contributed by atoms with Gasteiger partial charge in [0.15, 0.2) is 0 Å². The van der Waals surface area contributed by atoms with Crippen LogP contribution in [0.15, 0.2) is 42.5 Å². The second-order valence-corrected chi connectivity index (χ2v) is 6.58. The summed E-state index contributed by atoms with van der Waals surface area (Å²) in [5, 5.41) is 5.62. The lowest BCUT2D eigenvalue weighted by Gasteiger charge is -2.15. The Kier molecular flexibility index (Phi) is 6.32. The molecule has 1 unspecified atom stereocenters. The molecule has 0 spiro atoms. The van der Waals surface area contributed by atoms with Gasteiger partial charge in [-0.3, -0.25) is 9.59 Å². The van der Waals surface area contributed by atoms with E-state index in [0.29, 0.717) is 34.2 Å². The maximum Gasteiger partial charge on any atom is 0.259 e. The Morgan fingerprint density at radius 1 is 1.19 bits per heavy atom. The zero-order valence-electron chi connectivity index (χ0n) is 15.0. The highest BCUT2D eigenvalue weighted by Gasteiger charge is 2.19. The zero-order chi connectivity index (χ0) is 19.2. The highest BCUT2D eigenvalue weighted by atomic mass is 35.5. The molecule has 0 bridgehead atoms. The first-order valence-corrected chi connectivity index (χ1v) is 9.12. The number of anilines is 1. The first-order chi connectivity index (χ1) is 13.1. The second kappa shape index (κ2) is 8.88. The number of hydrogen-bond donors (Lipinski definition) is 2. The molecule has 1 atom stereocenters. The molecule has 3 rings (SSSR count). The van der Waals surface area contributed by atoms with E-state index < -0.39 is 0 Å². The summed E-state index contributed by atoms with van der Waals surface area (Å²) in [4.78, 5) is 24.6. The van der Waals surface area contributed by atoms with Crippen LogP contribution in [0.25, 0.3) is 0 Å². The molecule has 2 aromatic rings. The number of benzene rings is 2. The van der Waals surface area contributed by atoms with Crippen LogP contribution >= 0.6 is 11.6 Å². The van der Waals surface area contributed by atoms with Crippen LogP contribution in [-0.4, -0.2) is 38.2 Å². The van der Waals surface area contributed by atoms with E-state index in [4.69, 9.17) is 21.1 Å². The van der Waals surface area contributed by atoms with Gasteiger partial charge in [0.2, 0.25) is 0 Å². The van der Waals surface area contributed by atoms with Crippen LogP contribution in [0.4, 0.5) is 5.69 Å². The zero-order valence-corrected chi connectivity index (χ0v) is 15.7. The van der Waals surface area contributed by atoms with E-state index in [1.54, 1.807) is 30.3 Å². The molecule has 2 aromatic carbocycles. The van der Waals surface area contributed by atoms with Crippen molar-refractivity contribution >= 4 is 29.1 Å². The van der Waals surface area contributed by atoms with Crippen molar-refractivity contribution in [2.24, 2.45) is 0 Å². The van der Waals surface area contributed by atoms with Crippen LogP contribution in [-0.2, 0) is 4.74 Å². The molecular formula is C20H21ClN2O4. The average molecular weight is 389 g/mol. The number of carbonyl (C=O) groups is 2. The normalized spacial score (nSPS) is 16.0. The number of para-hydroxylation sites is 1. The summed E-state index contributed by atoms with van der Waals surface area (Å²) in [6.07, 6.45) is 2.05. The van der Waals surface area contributed by atoms with Gasteiger partial charge in [-0.25, -0.2) is 0 Å². The lowest BCUT2D eigenvalue weighted by molar-refractivity contribution is 0.0673. The van der Waals surface area contributed by atoms with Gasteiger partial charge in [-0.2, -0.15) is 0 Å². The van der Waals surface area contributed by atoms with E-state index in [1.807, 2.05) is 6.07 Å². The minimum absolute atomic E-state index is 0.0625. The quantitative estimate of drug-likeness (QED) is 0.793. The maximum atomic E-state index is 12.7. The summed E-state index contributed by atoms with van der Waals surface area (Å²) in [5.74, 6) is -0.162. The van der Waals surface area contributed by atoms with Crippen LogP contribution in [0.2, 0.25) is 5.02 Å². The van der Waals surface area contributed by atoms with E-state index in [0.717, 1.165) is 19.4 Å². The molecule has 0 aliphatic carbocycles. The maximum absolute atomic E-state index is 12.7. The highest BCUT2D eigenvalue weighted by molar-refractivity contribution is 6.34. The van der Waals surface area contributed by atoms with Crippen molar-refractivity contribution in [3.63, 3.8) is 0 Å². The number of nitrogens with one attached hydrogen (secondary N) is 2. The van der Waals surface area contributed by atoms with Crippen molar-refractivity contribution in [2.75, 3.05) is 25.6 Å². The fourth-order valence-electron chi connectivity index (χ4n) is 2.85. The van der Waals surface area contributed by atoms with E-state index >= 15 is 0 Å². The second-order valence-electron chi connectivity index (χ2n) is 6.17. The van der Waals surface area contributed by atoms with Gasteiger partial charge in [0.1, 0.15) is 12.4 Å². The molecule has 2 amide bonds. The van der Waals surface area contributed by atoms with Gasteiger partial charge in [0.25, 0.3) is 11.8 Å². The Balaban J connectivity index is 1.73. The summed E-state index contributed by atoms with van der Waals surface area (Å²) in [6, 6.07) is 11.8. The van der Waals surface area contributed by atoms with Gasteiger partial charge in [0, 0.05) is 19.3 Å². The third kappa shape index (κ3) is 4.78. The van der Waals surface area contributed by atoms with E-state index in [2.05, 4.69) is 10.6 Å². The van der Waals surface area contributed by atoms with Gasteiger partial charge >= 0.3 is 0 Å². The van der Waals surface area contributed by atoms with Crippen LogP contribution in [0, 0.1) is 0 Å². The fraction of sp³-hybridized carbons (Fsp3) is 0.300. The van der Waals surface area contributed by atoms with E-state index in [1.165, 1.54) is 13.1 Å². The van der Waals surface area contributed by atoms with Crippen molar-refractivity contribution in [1.29, 1.82) is 0 Å². The van der Waals surface area contributed by atoms with Crippen molar-refractivity contribution in [3.05, 3.63) is 58.6 Å². The number of ether oxygens (including phenoxy) is 2. The van der Waals surface area contributed by atoms with Gasteiger partial charge in [-0.1, -0.05) is 23.7 Å². The van der Waals surface area contributed by atoms with Gasteiger partial charge in [-0.15, -0.1) is 0 Å². The Labute approximate surface area is 162 Å². The molecule has 7 heteroatoms. The smallest absolute Gasteiger partial charge is 0.259 e. The lowest BCUT2D eigenvalue weighted by Crippen LogP contribution is -2.20. The predicted molar refractivity (Wildman–Crippen MR) is 104 cm³/mol. The van der Waals surface area contributed by atoms with Gasteiger partial charge < -0.3 is 20.1 Å². The Hall–Kier alpha value is -2.57. The molecule has 2 N–H and O–H groups in total. The third-order valence-electron chi connectivity index (χ3n) is 4.28. The molecule has 1 aliphatic rings. The van der Waals surface area contributed by atoms with Crippen LogP contribution < -0.4 is 15.4 Å². The number of rotatable bonds is 6. The molecule has 142 valence electrons. The highest BCUT2D eigenvalue weighted by Crippen LogP contribution is 2.24. The Bertz CT molecular complexity index is 834. The summed E-state index contributed by atoms with van der Waals surface area (Å²) < 4.78 is 11.4. The number of halogens is 1. The molecule has 1 saturated heterocycles. The van der Waals surface area contributed by atoms with Crippen molar-refractivity contribution < 1.29 is 19.1 Å². The van der Waals surface area contributed by atoms with Gasteiger partial charge in [-0.05, 0) is 43.2 Å². The molecule has 6 nitrogen and oxygen atoms in total. The third-order valence-corrected chi connectivity index (χ3v) is 4.61. The lowest BCUT2D eigenvalue weighted by atomic mass is 10.1. The molecule has 0 aromatic heterocycles. The molecular weight excluding hydrogens is 368 g/mol. The van der Waals surface area contributed by atoms with Gasteiger partial charge in [0.05, 0.1) is 22.3 Å². The standard InChI is InChI=1S/C20H21ClN2O4/c1-22-19(24)16-11-13(8-9-17(16)21)23-20(25)15-6-2-3-7-18(15)27-12-14-5-4-10-26-14/h2-3,6-9,11,14H,4-5,10,12H2,1H3,(H,22,24)(H,23,25). The van der Waals surface area contributed by atoms with E-state index in [9.17, 15) is 9.59 Å². The molecule has 0 radical (unpaired) electrons. The number of hydrogen-bond acceptors (Lipinski definition) is 4. The summed E-state index contributed by atoms with van der Waals surface area (Å²) in [7, 11) is 1.52. The monoisotopic (exact) mass is 388 g/mol. The first-order valence-electron chi connectivity index (χ1n) is 8.75. The predicted octanol–water partition coefficient (Wildman–Crippen LogP) is 3.51. The molecule has 1 heterocycles. The number of carbonyl (C=O) groups excluding carboxylic acids is 2. The summed E-state index contributed by atoms with van der Waals surface area (Å²) >= 11 is 6.05. The minimum Gasteiger partial charge on any atom is -0.490 e. The topological polar surface area (TPSA) is 76.7 Å². The summed E-state index contributed by atoms with van der Waals surface area (Å²) in [6.45, 7) is 1.16. The molecule has 1 fully saturated rings. The molecule has 0 saturated carbocycles. The molecule has 27 heavy (non-hydrogen) atoms. The van der Waals surface area contributed by atoms with Crippen molar-refractivity contribution in [3.8, 4) is 5.75 Å². The summed E-state index contributed by atoms with van der Waals surface area (Å²) in [5.41, 5.74) is 1.17. The Morgan fingerprint density at radius 2 is 2.00 bits per heavy atom. The fourth-order valence-corrected chi connectivity index (χ4v) is 3.05. The average Bonchev–Trinajstić information content (AvgIpc) is 3.21.